The average molecular weight is 240 g/mol. The maximum atomic E-state index is 12.0. The van der Waals surface area contributed by atoms with Gasteiger partial charge in [0, 0.05) is 39.2 Å². The lowest BCUT2D eigenvalue weighted by Crippen LogP contribution is -2.52. The summed E-state index contributed by atoms with van der Waals surface area (Å²) in [6, 6.07) is 0. The summed E-state index contributed by atoms with van der Waals surface area (Å²) in [5, 5.41) is 0. The smallest absolute Gasteiger partial charge is 0.251 e. The SMILES string of the molecule is CCC(=O)N1CCN(C(=O)C2CCCO2)CC1. The second-order valence-corrected chi connectivity index (χ2v) is 4.56. The van der Waals surface area contributed by atoms with Crippen molar-refractivity contribution in [2.45, 2.75) is 32.3 Å². The molecule has 2 saturated heterocycles. The van der Waals surface area contributed by atoms with E-state index in [4.69, 9.17) is 4.74 Å². The fourth-order valence-electron chi connectivity index (χ4n) is 2.38. The molecule has 0 radical (unpaired) electrons. The van der Waals surface area contributed by atoms with Gasteiger partial charge in [0.15, 0.2) is 0 Å². The third kappa shape index (κ3) is 2.77. The highest BCUT2D eigenvalue weighted by atomic mass is 16.5. The number of ether oxygens (including phenoxy) is 1. The Balaban J connectivity index is 1.82. The predicted molar refractivity (Wildman–Crippen MR) is 62.4 cm³/mol. The second kappa shape index (κ2) is 5.49. The number of carbonyl (C=O) groups is 2. The van der Waals surface area contributed by atoms with Gasteiger partial charge in [0.2, 0.25) is 5.91 Å². The first-order valence-corrected chi connectivity index (χ1v) is 6.40. The number of piperazine rings is 1. The van der Waals surface area contributed by atoms with Crippen LogP contribution in [0.1, 0.15) is 26.2 Å². The van der Waals surface area contributed by atoms with Gasteiger partial charge in [-0.1, -0.05) is 6.92 Å². The van der Waals surface area contributed by atoms with Crippen LogP contribution in [0, 0.1) is 0 Å². The Morgan fingerprint density at radius 2 is 1.82 bits per heavy atom. The molecule has 1 unspecified atom stereocenters. The first-order chi connectivity index (χ1) is 8.22. The third-order valence-electron chi connectivity index (χ3n) is 3.45. The van der Waals surface area contributed by atoms with Crippen molar-refractivity contribution in [1.29, 1.82) is 0 Å². The first-order valence-electron chi connectivity index (χ1n) is 6.40. The van der Waals surface area contributed by atoms with E-state index in [-0.39, 0.29) is 17.9 Å². The maximum Gasteiger partial charge on any atom is 0.251 e. The Hall–Kier alpha value is -1.10. The van der Waals surface area contributed by atoms with Crippen molar-refractivity contribution in [1.82, 2.24) is 9.80 Å². The highest BCUT2D eigenvalue weighted by Gasteiger charge is 2.30. The zero-order chi connectivity index (χ0) is 12.3. The summed E-state index contributed by atoms with van der Waals surface area (Å²) >= 11 is 0. The number of nitrogens with zero attached hydrogens (tertiary/aromatic N) is 2. The van der Waals surface area contributed by atoms with Gasteiger partial charge in [-0.3, -0.25) is 9.59 Å². The molecule has 0 aromatic rings. The molecule has 2 aliphatic rings. The van der Waals surface area contributed by atoms with Gasteiger partial charge in [-0.15, -0.1) is 0 Å². The van der Waals surface area contributed by atoms with Crippen molar-refractivity contribution in [2.24, 2.45) is 0 Å². The molecule has 2 aliphatic heterocycles. The summed E-state index contributed by atoms with van der Waals surface area (Å²) in [5.74, 6) is 0.278. The number of hydrogen-bond acceptors (Lipinski definition) is 3. The van der Waals surface area contributed by atoms with Crippen LogP contribution in [0.15, 0.2) is 0 Å². The van der Waals surface area contributed by atoms with Gasteiger partial charge in [0.05, 0.1) is 0 Å². The second-order valence-electron chi connectivity index (χ2n) is 4.56. The van der Waals surface area contributed by atoms with Crippen molar-refractivity contribution in [2.75, 3.05) is 32.8 Å². The van der Waals surface area contributed by atoms with Crippen molar-refractivity contribution < 1.29 is 14.3 Å². The predicted octanol–water partition coefficient (Wildman–Crippen LogP) is 0.246. The fourth-order valence-corrected chi connectivity index (χ4v) is 2.38. The Bertz CT molecular complexity index is 292. The molecule has 0 bridgehead atoms. The first kappa shape index (κ1) is 12.4. The van der Waals surface area contributed by atoms with Crippen LogP contribution in [0.4, 0.5) is 0 Å². The number of rotatable bonds is 2. The minimum absolute atomic E-state index is 0.103. The standard InChI is InChI=1S/C12H20N2O3/c1-2-11(15)13-5-7-14(8-6-13)12(16)10-4-3-9-17-10/h10H,2-9H2,1H3. The number of amides is 2. The van der Waals surface area contributed by atoms with Crippen LogP contribution in [-0.4, -0.2) is 60.5 Å². The molecule has 0 aromatic carbocycles. The van der Waals surface area contributed by atoms with E-state index in [1.165, 1.54) is 0 Å². The highest BCUT2D eigenvalue weighted by molar-refractivity contribution is 5.82. The van der Waals surface area contributed by atoms with Gasteiger partial charge >= 0.3 is 0 Å². The third-order valence-corrected chi connectivity index (χ3v) is 3.45. The highest BCUT2D eigenvalue weighted by Crippen LogP contribution is 2.16. The van der Waals surface area contributed by atoms with Crippen molar-refractivity contribution in [3.63, 3.8) is 0 Å². The Labute approximate surface area is 102 Å². The van der Waals surface area contributed by atoms with Gasteiger partial charge in [-0.25, -0.2) is 0 Å². The number of carbonyl (C=O) groups excluding carboxylic acids is 2. The molecule has 0 N–H and O–H groups in total. The molecule has 5 nitrogen and oxygen atoms in total. The summed E-state index contributed by atoms with van der Waals surface area (Å²) in [4.78, 5) is 27.2. The van der Waals surface area contributed by atoms with Gasteiger partial charge in [-0.2, -0.15) is 0 Å². The molecule has 0 aromatic heterocycles. The molecule has 17 heavy (non-hydrogen) atoms. The van der Waals surface area contributed by atoms with E-state index < -0.39 is 0 Å². The zero-order valence-corrected chi connectivity index (χ0v) is 10.4. The summed E-state index contributed by atoms with van der Waals surface area (Å²) in [6.07, 6.45) is 2.13. The Morgan fingerprint density at radius 3 is 2.35 bits per heavy atom. The minimum Gasteiger partial charge on any atom is -0.368 e. The van der Waals surface area contributed by atoms with Gasteiger partial charge in [-0.05, 0) is 12.8 Å². The topological polar surface area (TPSA) is 49.9 Å². The molecule has 96 valence electrons. The summed E-state index contributed by atoms with van der Waals surface area (Å²) in [7, 11) is 0. The van der Waals surface area contributed by atoms with Crippen LogP contribution in [0.3, 0.4) is 0 Å². The lowest BCUT2D eigenvalue weighted by atomic mass is 10.2. The fraction of sp³-hybridized carbons (Fsp3) is 0.833. The van der Waals surface area contributed by atoms with Crippen molar-refractivity contribution in [3.05, 3.63) is 0 Å². The molecule has 5 heteroatoms. The number of hydrogen-bond donors (Lipinski definition) is 0. The summed E-state index contributed by atoms with van der Waals surface area (Å²) < 4.78 is 5.39. The lowest BCUT2D eigenvalue weighted by molar-refractivity contribution is -0.145. The normalized spacial score (nSPS) is 25.1. The molecule has 0 saturated carbocycles. The molecule has 2 rings (SSSR count). The van der Waals surface area contributed by atoms with E-state index in [9.17, 15) is 9.59 Å². The van der Waals surface area contributed by atoms with E-state index in [0.29, 0.717) is 39.2 Å². The molecular formula is C12H20N2O3. The van der Waals surface area contributed by atoms with E-state index >= 15 is 0 Å². The lowest BCUT2D eigenvalue weighted by Gasteiger charge is -2.35. The molecule has 2 fully saturated rings. The zero-order valence-electron chi connectivity index (χ0n) is 10.4. The Morgan fingerprint density at radius 1 is 1.18 bits per heavy atom. The van der Waals surface area contributed by atoms with Gasteiger partial charge in [0.25, 0.3) is 5.91 Å². The van der Waals surface area contributed by atoms with E-state index in [1.807, 2.05) is 16.7 Å². The molecule has 0 aliphatic carbocycles. The summed E-state index contributed by atoms with van der Waals surface area (Å²) in [5.41, 5.74) is 0. The molecular weight excluding hydrogens is 220 g/mol. The molecule has 1 atom stereocenters. The molecule has 2 amide bonds. The minimum atomic E-state index is -0.233. The summed E-state index contributed by atoms with van der Waals surface area (Å²) in [6.45, 7) is 5.17. The monoisotopic (exact) mass is 240 g/mol. The Kier molecular flexibility index (Phi) is 3.99. The molecule has 2 heterocycles. The van der Waals surface area contributed by atoms with Crippen LogP contribution in [-0.2, 0) is 14.3 Å². The van der Waals surface area contributed by atoms with Crippen LogP contribution >= 0.6 is 0 Å². The van der Waals surface area contributed by atoms with Crippen LogP contribution < -0.4 is 0 Å². The molecule has 0 spiro atoms. The van der Waals surface area contributed by atoms with Crippen molar-refractivity contribution >= 4 is 11.8 Å². The maximum absolute atomic E-state index is 12.0. The van der Waals surface area contributed by atoms with E-state index in [1.54, 1.807) is 0 Å². The van der Waals surface area contributed by atoms with E-state index in [0.717, 1.165) is 12.8 Å². The van der Waals surface area contributed by atoms with Gasteiger partial charge in [0.1, 0.15) is 6.10 Å². The quantitative estimate of drug-likeness (QED) is 0.695. The van der Waals surface area contributed by atoms with Gasteiger partial charge < -0.3 is 14.5 Å². The van der Waals surface area contributed by atoms with Crippen LogP contribution in [0.5, 0.6) is 0 Å². The largest absolute Gasteiger partial charge is 0.368 e. The van der Waals surface area contributed by atoms with Crippen LogP contribution in [0.2, 0.25) is 0 Å². The average Bonchev–Trinajstić information content (AvgIpc) is 2.91. The van der Waals surface area contributed by atoms with Crippen molar-refractivity contribution in [3.8, 4) is 0 Å². The van der Waals surface area contributed by atoms with Crippen LogP contribution in [0.25, 0.3) is 0 Å². The van der Waals surface area contributed by atoms with E-state index in [2.05, 4.69) is 0 Å².